The van der Waals surface area contributed by atoms with Crippen molar-refractivity contribution in [1.82, 2.24) is 34.5 Å². The lowest BCUT2D eigenvalue weighted by Gasteiger charge is -2.41. The Morgan fingerprint density at radius 3 is 2.37 bits per heavy atom. The Bertz CT molecular complexity index is 2780. The number of piperazine rings is 1. The second-order valence-corrected chi connectivity index (χ2v) is 18.1. The number of anilines is 4. The third-order valence-corrected chi connectivity index (χ3v) is 13.7. The van der Waals surface area contributed by atoms with Gasteiger partial charge < -0.3 is 30.1 Å². The van der Waals surface area contributed by atoms with E-state index in [0.29, 0.717) is 74.1 Å². The molecule has 18 nitrogen and oxygen atoms in total. The summed E-state index contributed by atoms with van der Waals surface area (Å²) in [5.41, 5.74) is -1.03. The molecule has 0 radical (unpaired) electrons. The highest BCUT2D eigenvalue weighted by Crippen LogP contribution is 2.33. The van der Waals surface area contributed by atoms with E-state index in [4.69, 9.17) is 0 Å². The number of halogens is 3. The zero-order valence-corrected chi connectivity index (χ0v) is 36.2. The van der Waals surface area contributed by atoms with Crippen molar-refractivity contribution in [3.8, 4) is 11.3 Å². The topological polar surface area (TPSA) is 226 Å². The van der Waals surface area contributed by atoms with Gasteiger partial charge in [-0.25, -0.2) is 23.1 Å². The second kappa shape index (κ2) is 18.1. The minimum absolute atomic E-state index is 0.0753. The highest BCUT2D eigenvalue weighted by Gasteiger charge is 2.37. The average molecular weight is 918 g/mol. The molecule has 3 fully saturated rings. The maximum atomic E-state index is 15.6. The predicted molar refractivity (Wildman–Crippen MR) is 234 cm³/mol. The molecule has 342 valence electrons. The van der Waals surface area contributed by atoms with Crippen molar-refractivity contribution in [2.45, 2.75) is 50.7 Å². The summed E-state index contributed by atoms with van der Waals surface area (Å²) in [6.45, 7) is 3.98. The van der Waals surface area contributed by atoms with Crippen LogP contribution in [-0.4, -0.2) is 131 Å². The van der Waals surface area contributed by atoms with Gasteiger partial charge in [0.1, 0.15) is 29.1 Å². The third kappa shape index (κ3) is 9.45. The highest BCUT2D eigenvalue weighted by atomic mass is 32.2. The number of imide groups is 1. The van der Waals surface area contributed by atoms with Crippen LogP contribution >= 0.6 is 0 Å². The lowest BCUT2D eigenvalue weighted by molar-refractivity contribution is -0.138. The van der Waals surface area contributed by atoms with E-state index >= 15 is 13.2 Å². The Morgan fingerprint density at radius 1 is 0.938 bits per heavy atom. The standard InChI is InChI=1S/C43H46F3N11O7S/c1-3-54(2)65(63,64)53-31-6-5-29(44)38(39(31)46)40(60)28-22-50-41-27(28)18-25(21-49-41)33-23-48-35(24-47-33)56-14-16-57(17-15-56)37(59)20-43(62)10-12-55(13-11-43)34-8-4-26(19-30(34)45)51-32-7-9-36(58)52-42(32)61/h4-6,8,18-19,21-24,32,51,53,62H,3,7,9-17,20H2,1-2H3,(H,49,50)(H,52,58,61). The number of aromatic amines is 1. The summed E-state index contributed by atoms with van der Waals surface area (Å²) in [5, 5.41) is 16.9. The largest absolute Gasteiger partial charge is 0.389 e. The van der Waals surface area contributed by atoms with Crippen molar-refractivity contribution in [2.24, 2.45) is 0 Å². The Balaban J connectivity index is 0.851. The maximum absolute atomic E-state index is 15.6. The molecular weight excluding hydrogens is 872 g/mol. The number of fused-ring (bicyclic) bond motifs is 1. The molecule has 3 aliphatic rings. The number of amides is 3. The van der Waals surface area contributed by atoms with Crippen LogP contribution in [0.3, 0.4) is 0 Å². The van der Waals surface area contributed by atoms with Gasteiger partial charge in [0, 0.05) is 93.9 Å². The van der Waals surface area contributed by atoms with Crippen LogP contribution in [0.25, 0.3) is 22.3 Å². The monoisotopic (exact) mass is 917 g/mol. The summed E-state index contributed by atoms with van der Waals surface area (Å²) in [5.74, 6) is -4.51. The number of aromatic nitrogens is 4. The zero-order valence-electron chi connectivity index (χ0n) is 35.4. The fraction of sp³-hybridized carbons (Fsp3) is 0.372. The molecule has 22 heteroatoms. The maximum Gasteiger partial charge on any atom is 0.301 e. The summed E-state index contributed by atoms with van der Waals surface area (Å²) in [6, 6.07) is 7.23. The molecule has 2 aromatic carbocycles. The molecule has 65 heavy (non-hydrogen) atoms. The van der Waals surface area contributed by atoms with Crippen LogP contribution in [-0.2, 0) is 24.6 Å². The van der Waals surface area contributed by atoms with Gasteiger partial charge in [0.25, 0.3) is 0 Å². The smallest absolute Gasteiger partial charge is 0.301 e. The number of carbonyl (C=O) groups excluding carboxylic acids is 4. The van der Waals surface area contributed by atoms with E-state index in [2.05, 4.69) is 35.3 Å². The van der Waals surface area contributed by atoms with E-state index in [0.717, 1.165) is 16.4 Å². The minimum Gasteiger partial charge on any atom is -0.389 e. The number of pyridine rings is 1. The minimum atomic E-state index is -4.17. The first-order valence-corrected chi connectivity index (χ1v) is 22.4. The Hall–Kier alpha value is -6.65. The lowest BCUT2D eigenvalue weighted by Crippen LogP contribution is -2.52. The van der Waals surface area contributed by atoms with Crippen LogP contribution in [0.15, 0.2) is 61.2 Å². The van der Waals surface area contributed by atoms with Crippen molar-refractivity contribution in [2.75, 3.05) is 72.7 Å². The molecule has 0 saturated carbocycles. The fourth-order valence-electron chi connectivity index (χ4n) is 8.13. The number of hydrogen-bond donors (Lipinski definition) is 5. The molecule has 0 aliphatic carbocycles. The number of piperidine rings is 2. The number of ketones is 1. The van der Waals surface area contributed by atoms with Gasteiger partial charge in [-0.15, -0.1) is 0 Å². The molecule has 1 atom stereocenters. The highest BCUT2D eigenvalue weighted by molar-refractivity contribution is 7.90. The molecule has 3 aliphatic heterocycles. The normalized spacial score (nSPS) is 18.0. The summed E-state index contributed by atoms with van der Waals surface area (Å²) in [6.07, 6.45) is 6.80. The quantitative estimate of drug-likeness (QED) is 0.0843. The first-order chi connectivity index (χ1) is 31.0. The van der Waals surface area contributed by atoms with Gasteiger partial charge in [-0.2, -0.15) is 12.7 Å². The number of aliphatic hydroxyl groups is 1. The number of hydrogen-bond acceptors (Lipinski definition) is 13. The van der Waals surface area contributed by atoms with E-state index < -0.39 is 62.2 Å². The van der Waals surface area contributed by atoms with Gasteiger partial charge in [0.05, 0.1) is 47.0 Å². The predicted octanol–water partition coefficient (Wildman–Crippen LogP) is 3.56. The Morgan fingerprint density at radius 2 is 1.69 bits per heavy atom. The number of nitrogens with one attached hydrogen (secondary N) is 4. The van der Waals surface area contributed by atoms with E-state index in [1.165, 1.54) is 31.7 Å². The molecule has 6 heterocycles. The number of rotatable bonds is 13. The van der Waals surface area contributed by atoms with Crippen molar-refractivity contribution in [3.05, 3.63) is 89.8 Å². The van der Waals surface area contributed by atoms with Gasteiger partial charge in [0.2, 0.25) is 23.5 Å². The first kappa shape index (κ1) is 44.9. The first-order valence-electron chi connectivity index (χ1n) is 21.0. The lowest BCUT2D eigenvalue weighted by atomic mass is 9.87. The van der Waals surface area contributed by atoms with Gasteiger partial charge in [-0.05, 0) is 55.7 Å². The average Bonchev–Trinajstić information content (AvgIpc) is 3.72. The van der Waals surface area contributed by atoms with Crippen molar-refractivity contribution >= 4 is 67.6 Å². The van der Waals surface area contributed by atoms with Gasteiger partial charge in [-0.3, -0.25) is 34.2 Å². The van der Waals surface area contributed by atoms with Crippen molar-refractivity contribution < 1.29 is 45.9 Å². The zero-order chi connectivity index (χ0) is 46.2. The molecule has 1 unspecified atom stereocenters. The number of carbonyl (C=O) groups is 4. The van der Waals surface area contributed by atoms with Crippen molar-refractivity contribution in [1.29, 1.82) is 0 Å². The molecule has 0 spiro atoms. The van der Waals surface area contributed by atoms with Crippen LogP contribution in [0.1, 0.15) is 54.9 Å². The van der Waals surface area contributed by atoms with E-state index in [9.17, 15) is 32.7 Å². The Kier molecular flexibility index (Phi) is 12.5. The number of nitrogens with zero attached hydrogens (tertiary/aromatic N) is 7. The molecule has 8 rings (SSSR count). The van der Waals surface area contributed by atoms with E-state index in [1.54, 1.807) is 36.2 Å². The molecule has 0 bridgehead atoms. The van der Waals surface area contributed by atoms with Crippen LogP contribution in [0.4, 0.5) is 36.1 Å². The third-order valence-electron chi connectivity index (χ3n) is 12.1. The van der Waals surface area contributed by atoms with Gasteiger partial charge >= 0.3 is 10.2 Å². The summed E-state index contributed by atoms with van der Waals surface area (Å²) < 4.78 is 73.9. The van der Waals surface area contributed by atoms with Gasteiger partial charge in [-0.1, -0.05) is 6.92 Å². The van der Waals surface area contributed by atoms with Crippen LogP contribution < -0.4 is 25.2 Å². The van der Waals surface area contributed by atoms with E-state index in [1.807, 2.05) is 9.80 Å². The summed E-state index contributed by atoms with van der Waals surface area (Å²) in [7, 11) is -2.89. The molecule has 3 amide bonds. The fourth-order valence-corrected chi connectivity index (χ4v) is 9.06. The molecule has 5 N–H and O–H groups in total. The number of benzene rings is 2. The molecule has 3 saturated heterocycles. The SMILES string of the molecule is CCN(C)S(=O)(=O)Nc1ccc(F)c(C(=O)c2c[nH]c3ncc(-c4cnc(N5CCN(C(=O)CC6(O)CCN(c7ccc(NC8CCC(=O)NC8=O)cc7F)CC6)CC5)cn4)cc23)c1F. The molecule has 5 aromatic rings. The molecular formula is C43H46F3N11O7S. The van der Waals surface area contributed by atoms with Gasteiger partial charge in [0.15, 0.2) is 5.82 Å². The van der Waals surface area contributed by atoms with E-state index in [-0.39, 0.29) is 60.6 Å². The summed E-state index contributed by atoms with van der Waals surface area (Å²) in [4.78, 5) is 72.4. The number of H-pyrrole nitrogens is 1. The molecule has 3 aromatic heterocycles. The van der Waals surface area contributed by atoms with Crippen LogP contribution in [0, 0.1) is 17.5 Å². The van der Waals surface area contributed by atoms with Crippen LogP contribution in [0.5, 0.6) is 0 Å². The van der Waals surface area contributed by atoms with Crippen molar-refractivity contribution in [3.63, 3.8) is 0 Å². The Labute approximate surface area is 371 Å². The second-order valence-electron chi connectivity index (χ2n) is 16.3. The summed E-state index contributed by atoms with van der Waals surface area (Å²) >= 11 is 0. The van der Waals surface area contributed by atoms with Crippen LogP contribution in [0.2, 0.25) is 0 Å².